The van der Waals surface area contributed by atoms with Crippen molar-refractivity contribution < 1.29 is 23.9 Å². The number of amides is 2. The minimum atomic E-state index is -1.45. The van der Waals surface area contributed by atoms with Gasteiger partial charge in [-0.1, -0.05) is 37.6 Å². The van der Waals surface area contributed by atoms with Gasteiger partial charge in [0.25, 0.3) is 0 Å². The number of nitrogens with one attached hydrogen (secondary N) is 1. The molecule has 152 valence electrons. The Morgan fingerprint density at radius 3 is 2.43 bits per heavy atom. The van der Waals surface area contributed by atoms with Gasteiger partial charge in [0.2, 0.25) is 0 Å². The molecule has 1 N–H and O–H groups in total. The molecular weight excluding hydrogens is 360 g/mol. The Labute approximate surface area is 165 Å². The van der Waals surface area contributed by atoms with Gasteiger partial charge in [0.15, 0.2) is 11.3 Å². The Morgan fingerprint density at radius 2 is 1.79 bits per heavy atom. The van der Waals surface area contributed by atoms with E-state index in [9.17, 15) is 14.4 Å². The topological polar surface area (TPSA) is 84.9 Å². The van der Waals surface area contributed by atoms with Crippen LogP contribution < -0.4 is 5.43 Å². The van der Waals surface area contributed by atoms with Crippen LogP contribution in [-0.4, -0.2) is 36.2 Å². The van der Waals surface area contributed by atoms with E-state index in [1.165, 1.54) is 0 Å². The summed E-state index contributed by atoms with van der Waals surface area (Å²) >= 11 is 0. The van der Waals surface area contributed by atoms with Gasteiger partial charge in [0.05, 0.1) is 13.2 Å². The van der Waals surface area contributed by atoms with E-state index in [-0.39, 0.29) is 19.0 Å². The van der Waals surface area contributed by atoms with Crippen LogP contribution in [0.2, 0.25) is 0 Å². The second-order valence-electron chi connectivity index (χ2n) is 6.63. The van der Waals surface area contributed by atoms with Gasteiger partial charge in [-0.05, 0) is 56.4 Å². The quantitative estimate of drug-likeness (QED) is 0.739. The number of benzene rings is 1. The maximum Gasteiger partial charge on any atom is 0.430 e. The van der Waals surface area contributed by atoms with Crippen LogP contribution in [-0.2, 0) is 19.8 Å². The van der Waals surface area contributed by atoms with Crippen LogP contribution in [0.5, 0.6) is 0 Å². The van der Waals surface area contributed by atoms with Crippen LogP contribution in [0.15, 0.2) is 29.8 Å². The van der Waals surface area contributed by atoms with Crippen LogP contribution in [0.3, 0.4) is 0 Å². The molecular formula is C21H28N2O5. The van der Waals surface area contributed by atoms with Gasteiger partial charge in [-0.15, -0.1) is 0 Å². The fraction of sp³-hybridized carbons (Fsp3) is 0.476. The normalized spacial score (nSPS) is 18.0. The third-order valence-corrected chi connectivity index (χ3v) is 4.72. The number of hydrogen-bond donors (Lipinski definition) is 1. The largest absolute Gasteiger partial charge is 0.449 e. The Bertz CT molecular complexity index is 774. The number of ketones is 1. The fourth-order valence-electron chi connectivity index (χ4n) is 3.31. The number of hydrogen-bond acceptors (Lipinski definition) is 5. The molecule has 0 heterocycles. The van der Waals surface area contributed by atoms with Crippen LogP contribution in [0.1, 0.15) is 58.1 Å². The Balaban J connectivity index is 2.57. The van der Waals surface area contributed by atoms with Gasteiger partial charge in [0.1, 0.15) is 0 Å². The molecule has 0 aromatic heterocycles. The van der Waals surface area contributed by atoms with Crippen LogP contribution in [0, 0.1) is 0 Å². The van der Waals surface area contributed by atoms with E-state index >= 15 is 0 Å². The first kappa shape index (κ1) is 21.5. The van der Waals surface area contributed by atoms with Crippen LogP contribution in [0.25, 0.3) is 6.08 Å². The average molecular weight is 388 g/mol. The smallest absolute Gasteiger partial charge is 0.430 e. The number of carbonyl (C=O) groups is 3. The summed E-state index contributed by atoms with van der Waals surface area (Å²) in [6.07, 6.45) is 2.59. The molecule has 1 aromatic rings. The number of nitrogens with zero attached hydrogens (tertiary/aromatic N) is 1. The van der Waals surface area contributed by atoms with E-state index < -0.39 is 17.7 Å². The molecule has 0 spiro atoms. The molecule has 0 radical (unpaired) electrons. The monoisotopic (exact) mass is 388 g/mol. The predicted octanol–water partition coefficient (Wildman–Crippen LogP) is 4.18. The highest BCUT2D eigenvalue weighted by Gasteiger charge is 2.49. The van der Waals surface area contributed by atoms with E-state index in [1.54, 1.807) is 32.9 Å². The summed E-state index contributed by atoms with van der Waals surface area (Å²) in [5.41, 5.74) is 3.02. The van der Waals surface area contributed by atoms with E-state index in [2.05, 4.69) is 5.43 Å². The third-order valence-electron chi connectivity index (χ3n) is 4.72. The lowest BCUT2D eigenvalue weighted by Crippen LogP contribution is -2.61. The summed E-state index contributed by atoms with van der Waals surface area (Å²) in [7, 11) is 0. The van der Waals surface area contributed by atoms with Crippen LogP contribution >= 0.6 is 0 Å². The highest BCUT2D eigenvalue weighted by molar-refractivity contribution is 6.10. The molecule has 2 amide bonds. The third kappa shape index (κ3) is 4.18. The molecule has 0 aliphatic heterocycles. The van der Waals surface area contributed by atoms with E-state index in [1.807, 2.05) is 25.1 Å². The lowest BCUT2D eigenvalue weighted by Gasteiger charge is -2.41. The van der Waals surface area contributed by atoms with Crippen molar-refractivity contribution in [1.29, 1.82) is 0 Å². The zero-order valence-corrected chi connectivity index (χ0v) is 16.9. The first-order valence-electron chi connectivity index (χ1n) is 9.65. The highest BCUT2D eigenvalue weighted by atomic mass is 16.6. The standard InChI is InChI=1S/C21H28N2O5/c1-5-8-11-16-14-15-12-9-10-13-17(15)21(4,18(16)24)23(20(26)28-7-3)22-19(25)27-6-2/h9-10,12-14H,5-8,11H2,1-4H3,(H,22,25). The summed E-state index contributed by atoms with van der Waals surface area (Å²) in [6, 6.07) is 7.33. The van der Waals surface area contributed by atoms with Crippen molar-refractivity contribution in [2.75, 3.05) is 13.2 Å². The molecule has 1 atom stereocenters. The Morgan fingerprint density at radius 1 is 1.11 bits per heavy atom. The zero-order valence-electron chi connectivity index (χ0n) is 16.9. The minimum Gasteiger partial charge on any atom is -0.449 e. The van der Waals surface area contributed by atoms with E-state index in [4.69, 9.17) is 9.47 Å². The lowest BCUT2D eigenvalue weighted by molar-refractivity contribution is -0.128. The van der Waals surface area contributed by atoms with Crippen molar-refractivity contribution in [3.8, 4) is 0 Å². The van der Waals surface area contributed by atoms with Crippen molar-refractivity contribution in [2.24, 2.45) is 0 Å². The number of fused-ring (bicyclic) bond motifs is 1. The van der Waals surface area contributed by atoms with Crippen LogP contribution in [0.4, 0.5) is 9.59 Å². The summed E-state index contributed by atoms with van der Waals surface area (Å²) in [5.74, 6) is -0.246. The minimum absolute atomic E-state index is 0.101. The first-order valence-corrected chi connectivity index (χ1v) is 9.65. The SMILES string of the molecule is CCCCC1=Cc2ccccc2C(C)(N(NC(=O)OCC)C(=O)OCC)C1=O. The van der Waals surface area contributed by atoms with Gasteiger partial charge in [0, 0.05) is 0 Å². The van der Waals surface area contributed by atoms with E-state index in [0.717, 1.165) is 23.4 Å². The summed E-state index contributed by atoms with van der Waals surface area (Å²) < 4.78 is 10.1. The molecule has 1 aromatic carbocycles. The Kier molecular flexibility index (Phi) is 7.20. The predicted molar refractivity (Wildman–Crippen MR) is 105 cm³/mol. The second-order valence-corrected chi connectivity index (χ2v) is 6.63. The number of rotatable bonds is 6. The number of carbonyl (C=O) groups excluding carboxylic acids is 3. The van der Waals surface area contributed by atoms with Crippen molar-refractivity contribution in [3.05, 3.63) is 41.0 Å². The number of hydrazine groups is 1. The second kappa shape index (κ2) is 9.39. The van der Waals surface area contributed by atoms with E-state index in [0.29, 0.717) is 17.6 Å². The molecule has 0 bridgehead atoms. The highest BCUT2D eigenvalue weighted by Crippen LogP contribution is 2.39. The van der Waals surface area contributed by atoms with Crippen molar-refractivity contribution in [2.45, 2.75) is 52.5 Å². The fourth-order valence-corrected chi connectivity index (χ4v) is 3.31. The molecule has 1 aliphatic carbocycles. The zero-order chi connectivity index (χ0) is 20.7. The molecule has 1 aliphatic rings. The van der Waals surface area contributed by atoms with Crippen molar-refractivity contribution >= 4 is 24.0 Å². The molecule has 28 heavy (non-hydrogen) atoms. The van der Waals surface area contributed by atoms with Crippen molar-refractivity contribution in [3.63, 3.8) is 0 Å². The van der Waals surface area contributed by atoms with Gasteiger partial charge >= 0.3 is 12.2 Å². The number of ether oxygens (including phenoxy) is 2. The molecule has 7 heteroatoms. The Hall–Kier alpha value is -2.83. The molecule has 2 rings (SSSR count). The summed E-state index contributed by atoms with van der Waals surface area (Å²) in [4.78, 5) is 38.3. The van der Waals surface area contributed by atoms with Gasteiger partial charge < -0.3 is 9.47 Å². The molecule has 0 saturated carbocycles. The molecule has 0 fully saturated rings. The maximum absolute atomic E-state index is 13.5. The number of Topliss-reactive ketones (excluding diaryl/α,β-unsaturated/α-hetero) is 1. The lowest BCUT2D eigenvalue weighted by atomic mass is 9.75. The molecule has 0 saturated heterocycles. The first-order chi connectivity index (χ1) is 13.4. The molecule has 7 nitrogen and oxygen atoms in total. The van der Waals surface area contributed by atoms with Gasteiger partial charge in [-0.2, -0.15) is 5.01 Å². The summed E-state index contributed by atoms with van der Waals surface area (Å²) in [6.45, 7) is 7.22. The van der Waals surface area contributed by atoms with Gasteiger partial charge in [-0.3, -0.25) is 4.79 Å². The summed E-state index contributed by atoms with van der Waals surface area (Å²) in [5, 5.41) is 0.953. The van der Waals surface area contributed by atoms with Crippen molar-refractivity contribution in [1.82, 2.24) is 10.4 Å². The molecule has 1 unspecified atom stereocenters. The van der Waals surface area contributed by atoms with Gasteiger partial charge in [-0.25, -0.2) is 15.0 Å². The average Bonchev–Trinajstić information content (AvgIpc) is 2.68. The number of unbranched alkanes of at least 4 members (excludes halogenated alkanes) is 1. The maximum atomic E-state index is 13.5.